The molecule has 2 amide bonds. The highest BCUT2D eigenvalue weighted by atomic mass is 32.2. The predicted octanol–water partition coefficient (Wildman–Crippen LogP) is 7.38. The van der Waals surface area contributed by atoms with Gasteiger partial charge in [0.1, 0.15) is 45.9 Å². The number of ether oxygens (including phenoxy) is 2. The molecule has 7 nitrogen and oxygen atoms in total. The van der Waals surface area contributed by atoms with Crippen molar-refractivity contribution in [1.29, 1.82) is 0 Å². The van der Waals surface area contributed by atoms with E-state index in [-0.39, 0.29) is 11.6 Å². The number of hydrogen-bond donors (Lipinski definition) is 1. The van der Waals surface area contributed by atoms with Crippen LogP contribution >= 0.6 is 19.0 Å². The monoisotopic (exact) mass is 741 g/mol. The van der Waals surface area contributed by atoms with E-state index in [1.165, 1.54) is 16.7 Å². The van der Waals surface area contributed by atoms with Gasteiger partial charge < -0.3 is 14.8 Å². The summed E-state index contributed by atoms with van der Waals surface area (Å²) in [6, 6.07) is 49.8. The third kappa shape index (κ3) is 7.53. The lowest BCUT2D eigenvalue weighted by atomic mass is 10.0. The molecular weight excluding hydrogens is 700 g/mol. The number of carbonyl (C=O) groups is 3. The predicted molar refractivity (Wildman–Crippen MR) is 214 cm³/mol. The van der Waals surface area contributed by atoms with E-state index in [1.54, 1.807) is 20.8 Å². The van der Waals surface area contributed by atoms with Gasteiger partial charge in [0, 0.05) is 11.3 Å². The third-order valence-corrected chi connectivity index (χ3v) is 15.1. The highest BCUT2D eigenvalue weighted by molar-refractivity contribution is 8.00. The topological polar surface area (TPSA) is 84.9 Å². The van der Waals surface area contributed by atoms with Crippen molar-refractivity contribution in [2.45, 2.75) is 43.9 Å². The summed E-state index contributed by atoms with van der Waals surface area (Å²) in [4.78, 5) is 43.5. The van der Waals surface area contributed by atoms with E-state index in [1.807, 2.05) is 78.9 Å². The highest BCUT2D eigenvalue weighted by Crippen LogP contribution is 2.58. The van der Waals surface area contributed by atoms with E-state index in [9.17, 15) is 14.4 Å². The van der Waals surface area contributed by atoms with E-state index in [0.29, 0.717) is 11.9 Å². The number of nitrogens with zero attached hydrogens (tertiary/aromatic N) is 1. The van der Waals surface area contributed by atoms with Crippen molar-refractivity contribution in [1.82, 2.24) is 10.2 Å². The van der Waals surface area contributed by atoms with Crippen LogP contribution in [0.4, 0.5) is 4.79 Å². The molecule has 7 rings (SSSR count). The molecule has 0 saturated carbocycles. The molecule has 0 bridgehead atoms. The molecule has 2 atom stereocenters. The van der Waals surface area contributed by atoms with Crippen LogP contribution < -0.4 is 21.2 Å². The maximum Gasteiger partial charge on any atom is 0.408 e. The van der Waals surface area contributed by atoms with Gasteiger partial charge in [0.15, 0.2) is 6.10 Å². The van der Waals surface area contributed by atoms with Gasteiger partial charge in [-0.1, -0.05) is 115 Å². The lowest BCUT2D eigenvalue weighted by Gasteiger charge is -2.50. The van der Waals surface area contributed by atoms with E-state index in [4.69, 9.17) is 9.47 Å². The van der Waals surface area contributed by atoms with Crippen molar-refractivity contribution in [3.8, 4) is 0 Å². The molecule has 0 spiro atoms. The van der Waals surface area contributed by atoms with Crippen molar-refractivity contribution < 1.29 is 23.9 Å². The Labute approximate surface area is 315 Å². The number of rotatable bonds is 10. The molecule has 2 heterocycles. The van der Waals surface area contributed by atoms with Gasteiger partial charge in [-0.3, -0.25) is 9.69 Å². The lowest BCUT2D eigenvalue weighted by Crippen LogP contribution is -2.71. The fourth-order valence-corrected chi connectivity index (χ4v) is 12.8. The van der Waals surface area contributed by atoms with Gasteiger partial charge in [-0.25, -0.2) is 9.59 Å². The van der Waals surface area contributed by atoms with Gasteiger partial charge >= 0.3 is 12.1 Å². The van der Waals surface area contributed by atoms with Crippen LogP contribution in [0.25, 0.3) is 0 Å². The second-order valence-electron chi connectivity index (χ2n) is 14.1. The first-order valence-corrected chi connectivity index (χ1v) is 20.7. The molecule has 268 valence electrons. The quantitative estimate of drug-likeness (QED) is 0.0915. The van der Waals surface area contributed by atoms with Crippen LogP contribution in [0, 0.1) is 0 Å². The summed E-state index contributed by atoms with van der Waals surface area (Å²) in [5, 5.41) is 5.75. The summed E-state index contributed by atoms with van der Waals surface area (Å²) in [7, 11) is -2.46. The number of benzene rings is 5. The second-order valence-corrected chi connectivity index (χ2v) is 18.7. The highest BCUT2D eigenvalue weighted by Gasteiger charge is 2.57. The van der Waals surface area contributed by atoms with Crippen LogP contribution in [0.5, 0.6) is 0 Å². The Bertz CT molecular complexity index is 1960. The van der Waals surface area contributed by atoms with Crippen LogP contribution in [-0.4, -0.2) is 51.8 Å². The number of fused-ring (bicyclic) bond motifs is 1. The summed E-state index contributed by atoms with van der Waals surface area (Å²) in [6.07, 6.45) is -0.883. The average molecular weight is 742 g/mol. The first-order valence-electron chi connectivity index (χ1n) is 17.7. The van der Waals surface area contributed by atoms with E-state index >= 15 is 0 Å². The first-order chi connectivity index (χ1) is 25.7. The number of hydrogen-bond acceptors (Lipinski definition) is 6. The van der Waals surface area contributed by atoms with Gasteiger partial charge in [-0.2, -0.15) is 0 Å². The standard InChI is InChI=1S/C44H41N2O5PS/c1-44(2,3)51-43(49)45-37-40(47)46-38(42(48)50-39(31-19-9-4-10-20-31)32-21-11-5-12-22-32)33(30-53-41(37)46)29-52(34-23-13-6-14-24-34,35-25-15-7-16-26-35)36-27-17-8-18-28-36/h4-28,37,39,41H,29-30H2,1-3H3/p+1/t37-,41-/m1/s1. The summed E-state index contributed by atoms with van der Waals surface area (Å²) < 4.78 is 12.0. The van der Waals surface area contributed by atoms with Gasteiger partial charge in [-0.05, 0) is 68.3 Å². The SMILES string of the molecule is CC(C)(C)OC(=O)N[C@@H]1C(=O)N2C(C(=O)OC(c3ccccc3)c3ccccc3)=C(C[P+](c3ccccc3)(c3ccccc3)c3ccccc3)CS[C@H]12. The summed E-state index contributed by atoms with van der Waals surface area (Å²) >= 11 is 1.54. The zero-order valence-electron chi connectivity index (χ0n) is 29.9. The van der Waals surface area contributed by atoms with Gasteiger partial charge in [-0.15, -0.1) is 11.8 Å². The number of nitrogens with one attached hydrogen (secondary N) is 1. The van der Waals surface area contributed by atoms with Crippen LogP contribution in [0.1, 0.15) is 38.0 Å². The first kappa shape index (κ1) is 36.2. The molecule has 0 radical (unpaired) electrons. The number of carbonyl (C=O) groups excluding carboxylic acids is 3. The van der Waals surface area contributed by atoms with Gasteiger partial charge in [0.25, 0.3) is 5.91 Å². The number of amides is 2. The molecule has 0 unspecified atom stereocenters. The van der Waals surface area contributed by atoms with E-state index in [0.717, 1.165) is 32.6 Å². The minimum Gasteiger partial charge on any atom is -0.448 e. The Hall–Kier alpha value is -5.17. The molecular formula is C44H42N2O5PS+. The van der Waals surface area contributed by atoms with Gasteiger partial charge in [0.05, 0.1) is 6.16 Å². The third-order valence-electron chi connectivity index (χ3n) is 9.36. The smallest absolute Gasteiger partial charge is 0.408 e. The number of thioether (sulfide) groups is 1. The summed E-state index contributed by atoms with van der Waals surface area (Å²) in [5.41, 5.74) is 1.96. The molecule has 53 heavy (non-hydrogen) atoms. The Morgan fingerprint density at radius 1 is 0.736 bits per heavy atom. The minimum absolute atomic E-state index is 0.241. The van der Waals surface area contributed by atoms with Gasteiger partial charge in [0.2, 0.25) is 0 Å². The van der Waals surface area contributed by atoms with E-state index in [2.05, 4.69) is 78.1 Å². The van der Waals surface area contributed by atoms with Crippen LogP contribution in [0.3, 0.4) is 0 Å². The average Bonchev–Trinajstić information content (AvgIpc) is 3.18. The molecule has 0 aliphatic carbocycles. The van der Waals surface area contributed by atoms with E-state index < -0.39 is 42.4 Å². The van der Waals surface area contributed by atoms with Crippen molar-refractivity contribution in [3.05, 3.63) is 174 Å². The Morgan fingerprint density at radius 3 is 1.60 bits per heavy atom. The van der Waals surface area contributed by atoms with Crippen molar-refractivity contribution in [3.63, 3.8) is 0 Å². The fourth-order valence-electron chi connectivity index (χ4n) is 7.03. The maximum absolute atomic E-state index is 14.9. The second kappa shape index (κ2) is 15.4. The normalized spacial score (nSPS) is 17.1. The number of esters is 1. The number of alkyl carbamates (subject to hydrolysis) is 1. The van der Waals surface area contributed by atoms with Crippen LogP contribution in [-0.2, 0) is 19.1 Å². The molecule has 2 aliphatic rings. The number of β-lactam (4-membered cyclic amide) rings is 1. The lowest BCUT2D eigenvalue weighted by molar-refractivity contribution is -0.153. The maximum atomic E-state index is 14.9. The molecule has 9 heteroatoms. The van der Waals surface area contributed by atoms with Crippen molar-refractivity contribution in [2.75, 3.05) is 11.9 Å². The summed E-state index contributed by atoms with van der Waals surface area (Å²) in [6.45, 7) is 5.33. The summed E-state index contributed by atoms with van der Waals surface area (Å²) in [5.74, 6) is -0.503. The fraction of sp³-hybridized carbons (Fsp3) is 0.205. The molecule has 2 aliphatic heterocycles. The molecule has 0 aromatic heterocycles. The zero-order chi connectivity index (χ0) is 37.0. The molecule has 5 aromatic carbocycles. The molecule has 1 saturated heterocycles. The Morgan fingerprint density at radius 2 is 1.17 bits per heavy atom. The van der Waals surface area contributed by atoms with Crippen molar-refractivity contribution in [2.24, 2.45) is 0 Å². The minimum atomic E-state index is -2.46. The van der Waals surface area contributed by atoms with Crippen molar-refractivity contribution >= 4 is 52.9 Å². The molecule has 1 fully saturated rings. The van der Waals surface area contributed by atoms with Crippen LogP contribution in [0.2, 0.25) is 0 Å². The Kier molecular flexibility index (Phi) is 10.5. The zero-order valence-corrected chi connectivity index (χ0v) is 31.6. The molecule has 5 aromatic rings. The Balaban J connectivity index is 1.36. The largest absolute Gasteiger partial charge is 0.448 e. The van der Waals surface area contributed by atoms with Crippen LogP contribution in [0.15, 0.2) is 163 Å². The molecule has 1 N–H and O–H groups in total.